The second kappa shape index (κ2) is 10.4. The van der Waals surface area contributed by atoms with Crippen LogP contribution in [-0.2, 0) is 9.59 Å². The van der Waals surface area contributed by atoms with E-state index in [0.29, 0.717) is 19.4 Å². The van der Waals surface area contributed by atoms with Gasteiger partial charge in [-0.2, -0.15) is 0 Å². The number of nitrogens with zero attached hydrogens (tertiary/aromatic N) is 3. The molecule has 2 aliphatic heterocycles. The van der Waals surface area contributed by atoms with E-state index in [1.165, 1.54) is 0 Å². The maximum absolute atomic E-state index is 14.2. The van der Waals surface area contributed by atoms with E-state index < -0.39 is 0 Å². The Morgan fingerprint density at radius 1 is 1.14 bits per heavy atom. The van der Waals surface area contributed by atoms with Crippen LogP contribution >= 0.6 is 11.3 Å². The molecule has 0 spiro atoms. The number of carbonyl (C=O) groups is 2. The third-order valence-corrected chi connectivity index (χ3v) is 8.50. The maximum atomic E-state index is 14.2. The van der Waals surface area contributed by atoms with Gasteiger partial charge in [-0.1, -0.05) is 37.6 Å². The minimum absolute atomic E-state index is 0.0122. The summed E-state index contributed by atoms with van der Waals surface area (Å²) < 4.78 is 6.51. The van der Waals surface area contributed by atoms with E-state index in [2.05, 4.69) is 13.0 Å². The zero-order valence-electron chi connectivity index (χ0n) is 20.5. The van der Waals surface area contributed by atoms with Crippen LogP contribution in [0.15, 0.2) is 48.5 Å². The Bertz CT molecular complexity index is 1160. The summed E-state index contributed by atoms with van der Waals surface area (Å²) in [5, 5.41) is 1.02. The highest BCUT2D eigenvalue weighted by Crippen LogP contribution is 2.43. The standard InChI is InChI=1S/C28H33N3O3S/c1-3-4-17-31-25(32)16-15-21(26(31)19-11-13-20(34-2)14-12-19)28(33)30-18-7-9-23(30)27-29-22-8-5-6-10-24(22)35-27/h5-6,8,10-14,21,23,26H,3-4,7,9,15-18H2,1-2H3. The van der Waals surface area contributed by atoms with Crippen molar-refractivity contribution in [3.05, 3.63) is 59.1 Å². The van der Waals surface area contributed by atoms with Gasteiger partial charge in [0.25, 0.3) is 0 Å². The zero-order chi connectivity index (χ0) is 24.4. The van der Waals surface area contributed by atoms with Gasteiger partial charge in [0.2, 0.25) is 11.8 Å². The minimum Gasteiger partial charge on any atom is -0.497 e. The molecule has 0 N–H and O–H groups in total. The van der Waals surface area contributed by atoms with Crippen LogP contribution in [0, 0.1) is 5.92 Å². The van der Waals surface area contributed by atoms with Crippen LogP contribution in [0.1, 0.15) is 68.1 Å². The number of hydrogen-bond donors (Lipinski definition) is 0. The van der Waals surface area contributed by atoms with Crippen molar-refractivity contribution in [2.75, 3.05) is 20.2 Å². The van der Waals surface area contributed by atoms with Crippen LogP contribution in [0.25, 0.3) is 10.2 Å². The molecule has 3 atom stereocenters. The fourth-order valence-electron chi connectivity index (χ4n) is 5.55. The second-order valence-electron chi connectivity index (χ2n) is 9.51. The van der Waals surface area contributed by atoms with Crippen molar-refractivity contribution in [2.45, 2.75) is 57.5 Å². The van der Waals surface area contributed by atoms with Gasteiger partial charge >= 0.3 is 0 Å². The Labute approximate surface area is 210 Å². The Balaban J connectivity index is 1.47. The summed E-state index contributed by atoms with van der Waals surface area (Å²) >= 11 is 1.69. The largest absolute Gasteiger partial charge is 0.497 e. The highest BCUT2D eigenvalue weighted by molar-refractivity contribution is 7.18. The normalized spacial score (nSPS) is 22.7. The number of thiazole rings is 1. The fraction of sp³-hybridized carbons (Fsp3) is 0.464. The van der Waals surface area contributed by atoms with E-state index in [4.69, 9.17) is 9.72 Å². The number of amides is 2. The lowest BCUT2D eigenvalue weighted by Crippen LogP contribution is -2.49. The molecule has 7 heteroatoms. The van der Waals surface area contributed by atoms with Crippen LogP contribution in [0.3, 0.4) is 0 Å². The summed E-state index contributed by atoms with van der Waals surface area (Å²) in [6.45, 7) is 3.55. The van der Waals surface area contributed by atoms with Crippen molar-refractivity contribution < 1.29 is 14.3 Å². The number of fused-ring (bicyclic) bond motifs is 1. The Morgan fingerprint density at radius 3 is 2.69 bits per heavy atom. The van der Waals surface area contributed by atoms with E-state index in [1.54, 1.807) is 18.4 Å². The van der Waals surface area contributed by atoms with Crippen molar-refractivity contribution in [3.8, 4) is 5.75 Å². The van der Waals surface area contributed by atoms with Gasteiger partial charge in [-0.25, -0.2) is 4.98 Å². The van der Waals surface area contributed by atoms with Crippen molar-refractivity contribution >= 4 is 33.4 Å². The van der Waals surface area contributed by atoms with Crippen molar-refractivity contribution in [2.24, 2.45) is 5.92 Å². The minimum atomic E-state index is -0.257. The zero-order valence-corrected chi connectivity index (χ0v) is 21.3. The Morgan fingerprint density at radius 2 is 1.94 bits per heavy atom. The molecular formula is C28H33N3O3S. The van der Waals surface area contributed by atoms with E-state index >= 15 is 0 Å². The molecule has 3 heterocycles. The Kier molecular flexibility index (Phi) is 7.04. The van der Waals surface area contributed by atoms with Gasteiger partial charge in [0.05, 0.1) is 35.3 Å². The molecule has 6 nitrogen and oxygen atoms in total. The molecule has 5 rings (SSSR count). The molecule has 0 saturated carbocycles. The van der Waals surface area contributed by atoms with Gasteiger partial charge in [-0.15, -0.1) is 11.3 Å². The first-order valence-corrected chi connectivity index (χ1v) is 13.5. The molecule has 2 amide bonds. The number of unbranched alkanes of at least 4 members (excludes halogenated alkanes) is 1. The number of aromatic nitrogens is 1. The summed E-state index contributed by atoms with van der Waals surface area (Å²) in [6.07, 6.45) is 4.85. The number of likely N-dealkylation sites (tertiary alicyclic amines) is 2. The molecular weight excluding hydrogens is 458 g/mol. The van der Waals surface area contributed by atoms with Crippen molar-refractivity contribution in [3.63, 3.8) is 0 Å². The maximum Gasteiger partial charge on any atom is 0.228 e. The number of methoxy groups -OCH3 is 1. The SMILES string of the molecule is CCCCN1C(=O)CCC(C(=O)N2CCCC2c2nc3ccccc3s2)C1c1ccc(OC)cc1. The second-order valence-corrected chi connectivity index (χ2v) is 10.6. The molecule has 0 radical (unpaired) electrons. The topological polar surface area (TPSA) is 62.7 Å². The van der Waals surface area contributed by atoms with Gasteiger partial charge in [-0.05, 0) is 55.5 Å². The van der Waals surface area contributed by atoms with Crippen LogP contribution < -0.4 is 4.74 Å². The summed E-state index contributed by atoms with van der Waals surface area (Å²) in [6, 6.07) is 15.8. The number of benzene rings is 2. The predicted molar refractivity (Wildman–Crippen MR) is 138 cm³/mol. The number of carbonyl (C=O) groups excluding carboxylic acids is 2. The molecule has 35 heavy (non-hydrogen) atoms. The monoisotopic (exact) mass is 491 g/mol. The van der Waals surface area contributed by atoms with Crippen molar-refractivity contribution in [1.29, 1.82) is 0 Å². The summed E-state index contributed by atoms with van der Waals surface area (Å²) in [5.41, 5.74) is 2.00. The number of rotatable bonds is 7. The number of ether oxygens (including phenoxy) is 1. The first-order valence-electron chi connectivity index (χ1n) is 12.7. The molecule has 2 fully saturated rings. The molecule has 2 aliphatic rings. The number of para-hydroxylation sites is 1. The average Bonchev–Trinajstić information content (AvgIpc) is 3.54. The smallest absolute Gasteiger partial charge is 0.228 e. The van der Waals surface area contributed by atoms with Gasteiger partial charge in [0.1, 0.15) is 10.8 Å². The van der Waals surface area contributed by atoms with Gasteiger partial charge < -0.3 is 14.5 Å². The van der Waals surface area contributed by atoms with E-state index in [-0.39, 0.29) is 29.8 Å². The molecule has 1 aromatic heterocycles. The van der Waals surface area contributed by atoms with Crippen LogP contribution in [0.2, 0.25) is 0 Å². The molecule has 0 aliphatic carbocycles. The average molecular weight is 492 g/mol. The van der Waals surface area contributed by atoms with E-state index in [0.717, 1.165) is 58.8 Å². The number of piperidine rings is 1. The van der Waals surface area contributed by atoms with Crippen LogP contribution in [0.5, 0.6) is 5.75 Å². The van der Waals surface area contributed by atoms with Crippen LogP contribution in [-0.4, -0.2) is 46.8 Å². The molecule has 0 bridgehead atoms. The summed E-state index contributed by atoms with van der Waals surface area (Å²) in [5.74, 6) is 0.816. The first-order chi connectivity index (χ1) is 17.1. The quantitative estimate of drug-likeness (QED) is 0.422. The van der Waals surface area contributed by atoms with Gasteiger partial charge in [0, 0.05) is 19.5 Å². The fourth-order valence-corrected chi connectivity index (χ4v) is 6.66. The lowest BCUT2D eigenvalue weighted by atomic mass is 9.83. The third-order valence-electron chi connectivity index (χ3n) is 7.36. The third kappa shape index (κ3) is 4.66. The highest BCUT2D eigenvalue weighted by Gasteiger charge is 2.44. The van der Waals surface area contributed by atoms with Gasteiger partial charge in [-0.3, -0.25) is 9.59 Å². The molecule has 3 aromatic rings. The molecule has 3 unspecified atom stereocenters. The lowest BCUT2D eigenvalue weighted by molar-refractivity contribution is -0.148. The first kappa shape index (κ1) is 23.8. The highest BCUT2D eigenvalue weighted by atomic mass is 32.1. The number of hydrogen-bond acceptors (Lipinski definition) is 5. The van der Waals surface area contributed by atoms with E-state index in [9.17, 15) is 9.59 Å². The van der Waals surface area contributed by atoms with Crippen LogP contribution in [0.4, 0.5) is 0 Å². The summed E-state index contributed by atoms with van der Waals surface area (Å²) in [4.78, 5) is 36.1. The summed E-state index contributed by atoms with van der Waals surface area (Å²) in [7, 11) is 1.65. The lowest BCUT2D eigenvalue weighted by Gasteiger charge is -2.42. The van der Waals surface area contributed by atoms with Crippen molar-refractivity contribution in [1.82, 2.24) is 14.8 Å². The Hall–Kier alpha value is -2.93. The molecule has 2 saturated heterocycles. The molecule has 184 valence electrons. The predicted octanol–water partition coefficient (Wildman–Crippen LogP) is 5.75. The van der Waals surface area contributed by atoms with Gasteiger partial charge in [0.15, 0.2) is 0 Å². The van der Waals surface area contributed by atoms with E-state index in [1.807, 2.05) is 52.3 Å². The molecule has 2 aromatic carbocycles.